The topological polar surface area (TPSA) is 123 Å². The van der Waals surface area contributed by atoms with Crippen molar-refractivity contribution in [3.05, 3.63) is 36.5 Å². The van der Waals surface area contributed by atoms with Gasteiger partial charge in [0.05, 0.1) is 19.0 Å². The summed E-state index contributed by atoms with van der Waals surface area (Å²) < 4.78 is 15.6. The lowest BCUT2D eigenvalue weighted by Crippen LogP contribution is -2.42. The molecular formula is C19H23N5O5. The maximum atomic E-state index is 11.8. The first-order valence-corrected chi connectivity index (χ1v) is 8.87. The number of rotatable bonds is 4. The molecule has 2 aromatic rings. The zero-order valence-corrected chi connectivity index (χ0v) is 16.5. The molecule has 2 heterocycles. The van der Waals surface area contributed by atoms with E-state index >= 15 is 0 Å². The fourth-order valence-corrected chi connectivity index (χ4v) is 2.47. The van der Waals surface area contributed by atoms with Crippen molar-refractivity contribution < 1.29 is 23.8 Å². The molecule has 154 valence electrons. The van der Waals surface area contributed by atoms with Gasteiger partial charge in [0.25, 0.3) is 0 Å². The number of methoxy groups -OCH3 is 1. The Bertz CT molecular complexity index is 895. The zero-order chi connectivity index (χ0) is 21.0. The standard InChI is InChI=1S/C19H23N5O5/c1-19(2,3)29-18(26)21-11-5-7-12(8-6-11)28-13-9-14-15(20-10-13)23-16(22-14)24-17(25)27-4/h5-10,16,22H,1-4H3,(H,20,23)(H,21,26)(H,24,25). The molecule has 0 saturated carbocycles. The van der Waals surface area contributed by atoms with Crippen LogP contribution in [0.2, 0.25) is 0 Å². The SMILES string of the molecule is COC(=O)NC1Nc2cc(Oc3ccc(NC(=O)OC(C)(C)C)cc3)cnc2N1. The summed E-state index contributed by atoms with van der Waals surface area (Å²) in [6.45, 7) is 5.39. The van der Waals surface area contributed by atoms with Crippen LogP contribution in [0.4, 0.5) is 26.8 Å². The highest BCUT2D eigenvalue weighted by atomic mass is 16.6. The fraction of sp³-hybridized carbons (Fsp3) is 0.316. The molecule has 0 radical (unpaired) electrons. The Labute approximate surface area is 167 Å². The molecule has 1 aliphatic heterocycles. The number of carbonyl (C=O) groups excluding carboxylic acids is 2. The van der Waals surface area contributed by atoms with Gasteiger partial charge in [-0.25, -0.2) is 14.6 Å². The lowest BCUT2D eigenvalue weighted by molar-refractivity contribution is 0.0636. The highest BCUT2D eigenvalue weighted by Gasteiger charge is 2.23. The van der Waals surface area contributed by atoms with Gasteiger partial charge in [-0.05, 0) is 45.0 Å². The van der Waals surface area contributed by atoms with Crippen LogP contribution in [0, 0.1) is 0 Å². The van der Waals surface area contributed by atoms with Crippen molar-refractivity contribution in [3.63, 3.8) is 0 Å². The third kappa shape index (κ3) is 5.64. The number of alkyl carbamates (subject to hydrolysis) is 1. The summed E-state index contributed by atoms with van der Waals surface area (Å²) in [5.41, 5.74) is 0.690. The first-order valence-electron chi connectivity index (χ1n) is 8.87. The second-order valence-electron chi connectivity index (χ2n) is 7.18. The van der Waals surface area contributed by atoms with Crippen molar-refractivity contribution in [2.24, 2.45) is 0 Å². The maximum absolute atomic E-state index is 11.8. The van der Waals surface area contributed by atoms with Crippen molar-refractivity contribution in [1.82, 2.24) is 10.3 Å². The van der Waals surface area contributed by atoms with Crippen LogP contribution < -0.4 is 26.0 Å². The van der Waals surface area contributed by atoms with E-state index < -0.39 is 24.1 Å². The molecule has 1 aromatic carbocycles. The molecule has 1 aromatic heterocycles. The van der Waals surface area contributed by atoms with Gasteiger partial charge in [0.2, 0.25) is 0 Å². The minimum Gasteiger partial charge on any atom is -0.456 e. The monoisotopic (exact) mass is 401 g/mol. The van der Waals surface area contributed by atoms with Crippen LogP contribution in [0.3, 0.4) is 0 Å². The second-order valence-corrected chi connectivity index (χ2v) is 7.18. The van der Waals surface area contributed by atoms with Crippen molar-refractivity contribution in [1.29, 1.82) is 0 Å². The zero-order valence-electron chi connectivity index (χ0n) is 16.5. The molecule has 29 heavy (non-hydrogen) atoms. The number of nitrogens with one attached hydrogen (secondary N) is 4. The van der Waals surface area contributed by atoms with Crippen molar-refractivity contribution in [2.45, 2.75) is 32.7 Å². The summed E-state index contributed by atoms with van der Waals surface area (Å²) in [7, 11) is 1.29. The summed E-state index contributed by atoms with van der Waals surface area (Å²) in [6, 6.07) is 8.59. The van der Waals surface area contributed by atoms with Crippen molar-refractivity contribution in [3.8, 4) is 11.5 Å². The van der Waals surface area contributed by atoms with E-state index in [1.54, 1.807) is 57.3 Å². The second kappa shape index (κ2) is 8.13. The molecule has 4 N–H and O–H groups in total. The number of benzene rings is 1. The van der Waals surface area contributed by atoms with E-state index in [4.69, 9.17) is 9.47 Å². The molecule has 0 saturated heterocycles. The third-order valence-electron chi connectivity index (χ3n) is 3.63. The van der Waals surface area contributed by atoms with E-state index in [-0.39, 0.29) is 0 Å². The molecule has 0 spiro atoms. The molecule has 0 aliphatic carbocycles. The van der Waals surface area contributed by atoms with E-state index in [9.17, 15) is 9.59 Å². The predicted molar refractivity (Wildman–Crippen MR) is 107 cm³/mol. The number of nitrogens with zero attached hydrogens (tertiary/aromatic N) is 1. The molecule has 1 aliphatic rings. The summed E-state index contributed by atoms with van der Waals surface area (Å²) in [5, 5.41) is 11.3. The number of hydrogen-bond acceptors (Lipinski definition) is 8. The van der Waals surface area contributed by atoms with Gasteiger partial charge in [-0.15, -0.1) is 0 Å². The van der Waals surface area contributed by atoms with Crippen LogP contribution in [0.25, 0.3) is 0 Å². The third-order valence-corrected chi connectivity index (χ3v) is 3.63. The number of pyridine rings is 1. The molecule has 2 amide bonds. The van der Waals surface area contributed by atoms with Crippen LogP contribution in [0.15, 0.2) is 36.5 Å². The Kier molecular flexibility index (Phi) is 5.62. The minimum atomic E-state index is -0.570. The average Bonchev–Trinajstić information content (AvgIpc) is 3.03. The lowest BCUT2D eigenvalue weighted by atomic mass is 10.2. The summed E-state index contributed by atoms with van der Waals surface area (Å²) in [6.07, 6.45) is -0.0681. The van der Waals surface area contributed by atoms with E-state index in [0.717, 1.165) is 0 Å². The number of fused-ring (bicyclic) bond motifs is 1. The first-order chi connectivity index (χ1) is 13.7. The molecule has 1 atom stereocenters. The Balaban J connectivity index is 1.58. The number of carbonyl (C=O) groups is 2. The molecule has 0 bridgehead atoms. The highest BCUT2D eigenvalue weighted by molar-refractivity contribution is 5.85. The normalized spacial score (nSPS) is 14.7. The predicted octanol–water partition coefficient (Wildman–Crippen LogP) is 3.70. The summed E-state index contributed by atoms with van der Waals surface area (Å²) in [4.78, 5) is 27.4. The fourth-order valence-electron chi connectivity index (χ4n) is 2.47. The molecule has 3 rings (SSSR count). The summed E-state index contributed by atoms with van der Waals surface area (Å²) in [5.74, 6) is 1.65. The van der Waals surface area contributed by atoms with E-state index in [1.807, 2.05) is 0 Å². The van der Waals surface area contributed by atoms with Crippen molar-refractivity contribution >= 4 is 29.4 Å². The van der Waals surface area contributed by atoms with E-state index in [2.05, 4.69) is 31.0 Å². The van der Waals surface area contributed by atoms with Crippen LogP contribution >= 0.6 is 0 Å². The van der Waals surface area contributed by atoms with Gasteiger partial charge >= 0.3 is 12.2 Å². The van der Waals surface area contributed by atoms with Crippen LogP contribution in [-0.2, 0) is 9.47 Å². The number of ether oxygens (including phenoxy) is 3. The molecule has 1 unspecified atom stereocenters. The minimum absolute atomic E-state index is 0.504. The molecule has 10 nitrogen and oxygen atoms in total. The van der Waals surface area contributed by atoms with Gasteiger partial charge in [0.15, 0.2) is 12.1 Å². The Morgan fingerprint density at radius 1 is 1.07 bits per heavy atom. The summed E-state index contributed by atoms with van der Waals surface area (Å²) >= 11 is 0. The Morgan fingerprint density at radius 3 is 2.45 bits per heavy atom. The van der Waals surface area contributed by atoms with E-state index in [1.165, 1.54) is 7.11 Å². The number of anilines is 3. The number of amides is 2. The van der Waals surface area contributed by atoms with Crippen LogP contribution in [0.5, 0.6) is 11.5 Å². The maximum Gasteiger partial charge on any atom is 0.412 e. The largest absolute Gasteiger partial charge is 0.456 e. The highest BCUT2D eigenvalue weighted by Crippen LogP contribution is 2.31. The Morgan fingerprint density at radius 2 is 1.79 bits per heavy atom. The lowest BCUT2D eigenvalue weighted by Gasteiger charge is -2.19. The smallest absolute Gasteiger partial charge is 0.412 e. The van der Waals surface area contributed by atoms with E-state index in [0.29, 0.717) is 28.7 Å². The molecule has 10 heteroatoms. The Hall–Kier alpha value is -3.69. The van der Waals surface area contributed by atoms with Gasteiger partial charge < -0.3 is 24.8 Å². The van der Waals surface area contributed by atoms with Gasteiger partial charge in [0.1, 0.15) is 17.1 Å². The van der Waals surface area contributed by atoms with Crippen LogP contribution in [-0.4, -0.2) is 36.2 Å². The molecular weight excluding hydrogens is 378 g/mol. The van der Waals surface area contributed by atoms with Gasteiger partial charge in [-0.1, -0.05) is 0 Å². The quantitative estimate of drug-likeness (QED) is 0.612. The number of aromatic nitrogens is 1. The van der Waals surface area contributed by atoms with Crippen LogP contribution in [0.1, 0.15) is 20.8 Å². The van der Waals surface area contributed by atoms with Gasteiger partial charge in [-0.3, -0.25) is 10.6 Å². The average molecular weight is 401 g/mol. The van der Waals surface area contributed by atoms with Crippen molar-refractivity contribution in [2.75, 3.05) is 23.1 Å². The van der Waals surface area contributed by atoms with Gasteiger partial charge in [-0.2, -0.15) is 0 Å². The molecule has 0 fully saturated rings. The first kappa shape index (κ1) is 20.1. The number of hydrogen-bond donors (Lipinski definition) is 4. The van der Waals surface area contributed by atoms with Gasteiger partial charge in [0, 0.05) is 11.8 Å².